The summed E-state index contributed by atoms with van der Waals surface area (Å²) >= 11 is 0. The molecule has 0 heteroatoms. The van der Waals surface area contributed by atoms with E-state index in [2.05, 4.69) is 32.9 Å². The Bertz CT molecular complexity index is 312. The summed E-state index contributed by atoms with van der Waals surface area (Å²) < 4.78 is 0. The minimum atomic E-state index is 0.462. The molecule has 3 aliphatic rings. The molecule has 3 atom stereocenters. The first-order valence-corrected chi connectivity index (χ1v) is 6.64. The Morgan fingerprint density at radius 2 is 1.80 bits per heavy atom. The van der Waals surface area contributed by atoms with Crippen molar-refractivity contribution < 1.29 is 0 Å². The Morgan fingerprint density at radius 1 is 1.00 bits per heavy atom. The van der Waals surface area contributed by atoms with Crippen molar-refractivity contribution in [2.45, 2.75) is 59.3 Å². The van der Waals surface area contributed by atoms with Crippen LogP contribution in [0, 0.1) is 22.2 Å². The second-order valence-corrected chi connectivity index (χ2v) is 7.50. The van der Waals surface area contributed by atoms with Crippen LogP contribution in [0.4, 0.5) is 0 Å². The molecule has 0 saturated heterocycles. The van der Waals surface area contributed by atoms with Gasteiger partial charge in [0.15, 0.2) is 0 Å². The van der Waals surface area contributed by atoms with Gasteiger partial charge in [0.05, 0.1) is 0 Å². The molecule has 3 rings (SSSR count). The largest absolute Gasteiger partial charge is 0.0823 e. The van der Waals surface area contributed by atoms with Gasteiger partial charge in [-0.1, -0.05) is 39.3 Å². The Hall–Kier alpha value is -0.260. The highest BCUT2D eigenvalue weighted by atomic mass is 14.6. The maximum Gasteiger partial charge on any atom is -0.00841 e. The third-order valence-corrected chi connectivity index (χ3v) is 5.37. The predicted octanol–water partition coefficient (Wildman–Crippen LogP) is 4.56. The highest BCUT2D eigenvalue weighted by Crippen LogP contribution is 2.65. The molecule has 0 heterocycles. The summed E-state index contributed by atoms with van der Waals surface area (Å²) in [5.74, 6) is 0.991. The molecule has 0 aliphatic heterocycles. The van der Waals surface area contributed by atoms with Gasteiger partial charge in [-0.2, -0.15) is 0 Å². The van der Waals surface area contributed by atoms with E-state index in [1.165, 1.54) is 38.5 Å². The van der Waals surface area contributed by atoms with Gasteiger partial charge in [-0.3, -0.25) is 0 Å². The second-order valence-electron chi connectivity index (χ2n) is 7.50. The first kappa shape index (κ1) is 9.93. The van der Waals surface area contributed by atoms with Gasteiger partial charge in [0.25, 0.3) is 0 Å². The maximum atomic E-state index is 2.62. The highest BCUT2D eigenvalue weighted by molar-refractivity contribution is 5.19. The lowest BCUT2D eigenvalue weighted by molar-refractivity contribution is 0.147. The van der Waals surface area contributed by atoms with Gasteiger partial charge >= 0.3 is 0 Å². The minimum absolute atomic E-state index is 0.462. The number of rotatable bonds is 0. The third kappa shape index (κ3) is 1.40. The molecule has 0 amide bonds. The van der Waals surface area contributed by atoms with Gasteiger partial charge in [-0.05, 0) is 54.3 Å². The second kappa shape index (κ2) is 2.70. The molecule has 0 aromatic heterocycles. The van der Waals surface area contributed by atoms with Crippen LogP contribution in [-0.4, -0.2) is 0 Å². The molecule has 15 heavy (non-hydrogen) atoms. The van der Waals surface area contributed by atoms with Crippen molar-refractivity contribution in [1.29, 1.82) is 0 Å². The van der Waals surface area contributed by atoms with Crippen molar-refractivity contribution in [3.8, 4) is 0 Å². The molecule has 2 fully saturated rings. The van der Waals surface area contributed by atoms with Crippen molar-refractivity contribution in [2.75, 3.05) is 0 Å². The Kier molecular flexibility index (Phi) is 1.79. The van der Waals surface area contributed by atoms with E-state index in [0.29, 0.717) is 16.2 Å². The molecule has 3 aliphatic carbocycles. The lowest BCUT2D eigenvalue weighted by Crippen LogP contribution is -2.33. The summed E-state index contributed by atoms with van der Waals surface area (Å²) in [7, 11) is 0. The van der Waals surface area contributed by atoms with Gasteiger partial charge < -0.3 is 0 Å². The quantitative estimate of drug-likeness (QED) is 0.507. The Balaban J connectivity index is 1.98. The molecule has 0 radical (unpaired) electrons. The fourth-order valence-corrected chi connectivity index (χ4v) is 4.78. The molecule has 1 spiro atoms. The number of hydrogen-bond acceptors (Lipinski definition) is 0. The topological polar surface area (TPSA) is 0 Å². The van der Waals surface area contributed by atoms with Crippen molar-refractivity contribution >= 4 is 0 Å². The van der Waals surface area contributed by atoms with E-state index in [9.17, 15) is 0 Å². The van der Waals surface area contributed by atoms with Crippen molar-refractivity contribution in [3.63, 3.8) is 0 Å². The average molecular weight is 204 g/mol. The van der Waals surface area contributed by atoms with Crippen LogP contribution in [0.25, 0.3) is 0 Å². The summed E-state index contributed by atoms with van der Waals surface area (Å²) in [5, 5.41) is 0. The van der Waals surface area contributed by atoms with Crippen molar-refractivity contribution in [3.05, 3.63) is 12.2 Å². The van der Waals surface area contributed by atoms with Crippen LogP contribution in [0.15, 0.2) is 12.2 Å². The lowest BCUT2D eigenvalue weighted by atomic mass is 9.62. The number of hydrogen-bond donors (Lipinski definition) is 0. The zero-order chi connectivity index (χ0) is 10.7. The van der Waals surface area contributed by atoms with Crippen LogP contribution in [0.1, 0.15) is 59.3 Å². The summed E-state index contributed by atoms with van der Waals surface area (Å²) in [6.07, 6.45) is 14.0. The van der Waals surface area contributed by atoms with Gasteiger partial charge in [0.2, 0.25) is 0 Å². The van der Waals surface area contributed by atoms with E-state index < -0.39 is 0 Å². The first-order valence-electron chi connectivity index (χ1n) is 6.64. The zero-order valence-electron chi connectivity index (χ0n) is 10.5. The summed E-state index contributed by atoms with van der Waals surface area (Å²) in [4.78, 5) is 0. The normalized spacial score (nSPS) is 51.5. The predicted molar refractivity (Wildman–Crippen MR) is 64.7 cm³/mol. The van der Waals surface area contributed by atoms with Crippen LogP contribution in [0.5, 0.6) is 0 Å². The minimum Gasteiger partial charge on any atom is -0.0823 e. The molecule has 0 aromatic rings. The molecule has 0 unspecified atom stereocenters. The first-order chi connectivity index (χ1) is 6.93. The van der Waals surface area contributed by atoms with Crippen molar-refractivity contribution in [1.82, 2.24) is 0 Å². The summed E-state index contributed by atoms with van der Waals surface area (Å²) in [5.41, 5.74) is 1.78. The Morgan fingerprint density at radius 3 is 2.60 bits per heavy atom. The van der Waals surface area contributed by atoms with E-state index in [1.807, 2.05) is 0 Å². The van der Waals surface area contributed by atoms with E-state index >= 15 is 0 Å². The summed E-state index contributed by atoms with van der Waals surface area (Å²) in [6, 6.07) is 0. The van der Waals surface area contributed by atoms with Crippen LogP contribution in [0.3, 0.4) is 0 Å². The maximum absolute atomic E-state index is 2.62. The standard InChI is InChI=1S/C15H24/c1-13(2)7-8-15-6-4-5-14(3,11-15)10-12(15)9-13/h7-8,12H,4-6,9-11H2,1-3H3/t12-,14-,15+/m0/s1. The smallest absolute Gasteiger partial charge is 0.00841 e. The molecule has 2 saturated carbocycles. The van der Waals surface area contributed by atoms with Gasteiger partial charge in [0.1, 0.15) is 0 Å². The van der Waals surface area contributed by atoms with Crippen molar-refractivity contribution in [2.24, 2.45) is 22.2 Å². The summed E-state index contributed by atoms with van der Waals surface area (Å²) in [6.45, 7) is 7.34. The van der Waals surface area contributed by atoms with E-state index in [-0.39, 0.29) is 0 Å². The molecule has 84 valence electrons. The monoisotopic (exact) mass is 204 g/mol. The fraction of sp³-hybridized carbons (Fsp3) is 0.867. The van der Waals surface area contributed by atoms with Gasteiger partial charge in [0, 0.05) is 0 Å². The average Bonchev–Trinajstić information content (AvgIpc) is 2.30. The molecule has 0 aromatic carbocycles. The number of fused-ring (bicyclic) bond motifs is 1. The molecule has 0 N–H and O–H groups in total. The molecule has 2 bridgehead atoms. The third-order valence-electron chi connectivity index (χ3n) is 5.37. The number of allylic oxidation sites excluding steroid dienone is 2. The molecular formula is C15H24. The van der Waals surface area contributed by atoms with Crippen LogP contribution < -0.4 is 0 Å². The Labute approximate surface area is 94.1 Å². The molecule has 0 nitrogen and oxygen atoms in total. The van der Waals surface area contributed by atoms with Gasteiger partial charge in [-0.25, -0.2) is 0 Å². The van der Waals surface area contributed by atoms with Crippen LogP contribution in [0.2, 0.25) is 0 Å². The lowest BCUT2D eigenvalue weighted by Gasteiger charge is -2.43. The van der Waals surface area contributed by atoms with Gasteiger partial charge in [-0.15, -0.1) is 0 Å². The SMILES string of the molecule is CC1(C)C=C[C@@]23CCC[C@@](C)(C[C@@H]2C1)C3. The highest BCUT2D eigenvalue weighted by Gasteiger charge is 2.55. The fourth-order valence-electron chi connectivity index (χ4n) is 4.78. The van der Waals surface area contributed by atoms with E-state index in [4.69, 9.17) is 0 Å². The van der Waals surface area contributed by atoms with E-state index in [0.717, 1.165) is 5.92 Å². The van der Waals surface area contributed by atoms with Crippen LogP contribution in [-0.2, 0) is 0 Å². The zero-order valence-corrected chi connectivity index (χ0v) is 10.5. The molecular weight excluding hydrogens is 180 g/mol. The van der Waals surface area contributed by atoms with Crippen LogP contribution >= 0.6 is 0 Å². The van der Waals surface area contributed by atoms with E-state index in [1.54, 1.807) is 0 Å².